The molecule has 136 valence electrons. The lowest BCUT2D eigenvalue weighted by Gasteiger charge is -2.13. The fraction of sp³-hybridized carbons (Fsp3) is 0.182. The summed E-state index contributed by atoms with van der Waals surface area (Å²) in [4.78, 5) is 0. The van der Waals surface area contributed by atoms with Crippen LogP contribution in [0.15, 0.2) is 60.7 Å². The van der Waals surface area contributed by atoms with Gasteiger partial charge in [-0.3, -0.25) is 9.67 Å². The zero-order valence-corrected chi connectivity index (χ0v) is 16.1. The summed E-state index contributed by atoms with van der Waals surface area (Å²) in [7, 11) is 0. The van der Waals surface area contributed by atoms with Gasteiger partial charge in [0.2, 0.25) is 0 Å². The Labute approximate surface area is 163 Å². The Hall–Kier alpha value is -2.92. The number of nitrogens with zero attached hydrogens (tertiary/aromatic N) is 2. The Morgan fingerprint density at radius 3 is 2.67 bits per heavy atom. The lowest BCUT2D eigenvalue weighted by Crippen LogP contribution is -2.00. The van der Waals surface area contributed by atoms with Crippen LogP contribution in [0.1, 0.15) is 19.4 Å². The first kappa shape index (κ1) is 17.5. The molecule has 0 saturated heterocycles. The molecule has 0 aliphatic heterocycles. The second-order valence-corrected chi connectivity index (χ2v) is 7.52. The molecular formula is C22H21N3OS. The first-order valence-corrected chi connectivity index (χ1v) is 9.43. The molecule has 0 saturated carbocycles. The van der Waals surface area contributed by atoms with Crippen molar-refractivity contribution in [3.63, 3.8) is 0 Å². The van der Waals surface area contributed by atoms with E-state index in [2.05, 4.69) is 42.2 Å². The molecule has 4 aromatic rings. The van der Waals surface area contributed by atoms with Crippen molar-refractivity contribution >= 4 is 23.0 Å². The van der Waals surface area contributed by atoms with E-state index < -0.39 is 0 Å². The zero-order valence-electron chi connectivity index (χ0n) is 15.3. The van der Waals surface area contributed by atoms with Gasteiger partial charge in [0.25, 0.3) is 0 Å². The number of nitrogens with one attached hydrogen (secondary N) is 1. The summed E-state index contributed by atoms with van der Waals surface area (Å²) in [5.74, 6) is 1.33. The molecule has 0 unspecified atom stereocenters. The van der Waals surface area contributed by atoms with Crippen molar-refractivity contribution in [2.24, 2.45) is 5.92 Å². The third-order valence-electron chi connectivity index (χ3n) is 4.63. The molecule has 0 amide bonds. The molecule has 27 heavy (non-hydrogen) atoms. The molecule has 0 aliphatic rings. The highest BCUT2D eigenvalue weighted by atomic mass is 32.1. The van der Waals surface area contributed by atoms with Gasteiger partial charge in [-0.15, -0.1) is 0 Å². The van der Waals surface area contributed by atoms with Crippen molar-refractivity contribution in [3.8, 4) is 22.8 Å². The highest BCUT2D eigenvalue weighted by Crippen LogP contribution is 2.33. The molecule has 2 N–H and O–H groups in total. The predicted octanol–water partition coefficient (Wildman–Crippen LogP) is 5.65. The van der Waals surface area contributed by atoms with Crippen LogP contribution >= 0.6 is 12.2 Å². The molecule has 0 atom stereocenters. The van der Waals surface area contributed by atoms with Gasteiger partial charge >= 0.3 is 0 Å². The Kier molecular flexibility index (Phi) is 4.54. The fourth-order valence-corrected chi connectivity index (χ4v) is 3.70. The van der Waals surface area contributed by atoms with E-state index in [-0.39, 0.29) is 5.75 Å². The van der Waals surface area contributed by atoms with Crippen LogP contribution in [-0.4, -0.2) is 19.9 Å². The predicted molar refractivity (Wildman–Crippen MR) is 112 cm³/mol. The smallest absolute Gasteiger partial charge is 0.200 e. The highest BCUT2D eigenvalue weighted by Gasteiger charge is 2.17. The van der Waals surface area contributed by atoms with Crippen LogP contribution < -0.4 is 0 Å². The van der Waals surface area contributed by atoms with Crippen LogP contribution in [0.5, 0.6) is 5.75 Å². The minimum Gasteiger partial charge on any atom is -0.507 e. The van der Waals surface area contributed by atoms with Gasteiger partial charge in [0, 0.05) is 5.39 Å². The molecular weight excluding hydrogens is 354 g/mol. The van der Waals surface area contributed by atoms with Crippen LogP contribution in [-0.2, 0) is 6.42 Å². The Morgan fingerprint density at radius 2 is 1.85 bits per heavy atom. The fourth-order valence-electron chi connectivity index (χ4n) is 3.47. The number of phenols is 1. The number of aromatic amines is 1. The third-order valence-corrected chi connectivity index (χ3v) is 4.90. The summed E-state index contributed by atoms with van der Waals surface area (Å²) < 4.78 is 2.39. The lowest BCUT2D eigenvalue weighted by atomic mass is 10.00. The number of H-pyrrole nitrogens is 1. The normalized spacial score (nSPS) is 11.4. The van der Waals surface area contributed by atoms with Gasteiger partial charge in [0.15, 0.2) is 10.6 Å². The van der Waals surface area contributed by atoms with Crippen molar-refractivity contribution < 1.29 is 5.11 Å². The minimum atomic E-state index is 0.193. The molecule has 4 rings (SSSR count). The van der Waals surface area contributed by atoms with Gasteiger partial charge in [0.1, 0.15) is 5.75 Å². The van der Waals surface area contributed by atoms with Crippen LogP contribution in [0.3, 0.4) is 0 Å². The van der Waals surface area contributed by atoms with E-state index in [1.54, 1.807) is 6.07 Å². The summed E-state index contributed by atoms with van der Waals surface area (Å²) in [6.45, 7) is 4.36. The quantitative estimate of drug-likeness (QED) is 0.453. The maximum atomic E-state index is 10.5. The molecule has 1 aromatic heterocycles. The number of phenolic OH excluding ortho intramolecular Hbond substituents is 1. The monoisotopic (exact) mass is 375 g/mol. The Bertz CT molecular complexity index is 1170. The van der Waals surface area contributed by atoms with E-state index in [1.807, 2.05) is 41.0 Å². The van der Waals surface area contributed by atoms with E-state index in [0.717, 1.165) is 28.4 Å². The first-order chi connectivity index (χ1) is 13.0. The number of benzene rings is 3. The molecule has 5 heteroatoms. The van der Waals surface area contributed by atoms with Gasteiger partial charge in [-0.05, 0) is 53.7 Å². The summed E-state index contributed by atoms with van der Waals surface area (Å²) in [5, 5.41) is 20.0. The summed E-state index contributed by atoms with van der Waals surface area (Å²) >= 11 is 5.53. The molecule has 3 aromatic carbocycles. The van der Waals surface area contributed by atoms with E-state index in [4.69, 9.17) is 12.2 Å². The Balaban J connectivity index is 1.95. The summed E-state index contributed by atoms with van der Waals surface area (Å²) in [6, 6.07) is 20.0. The zero-order chi connectivity index (χ0) is 19.0. The van der Waals surface area contributed by atoms with Crippen LogP contribution in [0.4, 0.5) is 0 Å². The highest BCUT2D eigenvalue weighted by molar-refractivity contribution is 7.71. The lowest BCUT2D eigenvalue weighted by molar-refractivity contribution is 0.476. The summed E-state index contributed by atoms with van der Waals surface area (Å²) in [6.07, 6.45) is 0.937. The number of fused-ring (bicyclic) bond motifs is 1. The number of hydrogen-bond donors (Lipinski definition) is 2. The van der Waals surface area contributed by atoms with Crippen molar-refractivity contribution in [3.05, 3.63) is 71.0 Å². The maximum Gasteiger partial charge on any atom is 0.200 e. The van der Waals surface area contributed by atoms with Gasteiger partial charge in [-0.25, -0.2) is 0 Å². The Morgan fingerprint density at radius 1 is 1.07 bits per heavy atom. The molecule has 0 fully saturated rings. The molecule has 1 heterocycles. The van der Waals surface area contributed by atoms with Gasteiger partial charge in [-0.2, -0.15) is 5.10 Å². The number of rotatable bonds is 4. The molecule has 4 nitrogen and oxygen atoms in total. The summed E-state index contributed by atoms with van der Waals surface area (Å²) in [5.41, 5.74) is 2.78. The molecule has 0 spiro atoms. The van der Waals surface area contributed by atoms with Crippen LogP contribution in [0, 0.1) is 10.7 Å². The SMILES string of the molecule is CC(C)Cc1ccc(O)c(-c2n[nH]c(=S)n2-c2cccc3ccccc23)c1. The first-order valence-electron chi connectivity index (χ1n) is 9.02. The van der Waals surface area contributed by atoms with Gasteiger partial charge in [-0.1, -0.05) is 56.3 Å². The van der Waals surface area contributed by atoms with E-state index in [9.17, 15) is 5.11 Å². The standard InChI is InChI=1S/C22H21N3OS/c1-14(2)12-15-10-11-20(26)18(13-15)21-23-24-22(27)25(21)19-9-5-7-16-6-3-4-8-17(16)19/h3-11,13-14,26H,12H2,1-2H3,(H,24,27). The largest absolute Gasteiger partial charge is 0.507 e. The third kappa shape index (κ3) is 3.26. The number of aromatic nitrogens is 3. The van der Waals surface area contributed by atoms with Crippen LogP contribution in [0.2, 0.25) is 0 Å². The molecule has 0 radical (unpaired) electrons. The van der Waals surface area contributed by atoms with Gasteiger partial charge in [0.05, 0.1) is 11.3 Å². The van der Waals surface area contributed by atoms with Crippen molar-refractivity contribution in [2.75, 3.05) is 0 Å². The molecule has 0 bridgehead atoms. The average molecular weight is 375 g/mol. The number of aromatic hydroxyl groups is 1. The number of hydrogen-bond acceptors (Lipinski definition) is 3. The molecule has 0 aliphatic carbocycles. The topological polar surface area (TPSA) is 53.8 Å². The van der Waals surface area contributed by atoms with Crippen LogP contribution in [0.25, 0.3) is 27.8 Å². The van der Waals surface area contributed by atoms with Gasteiger partial charge < -0.3 is 5.11 Å². The van der Waals surface area contributed by atoms with Crippen molar-refractivity contribution in [1.29, 1.82) is 0 Å². The van der Waals surface area contributed by atoms with E-state index in [1.165, 1.54) is 0 Å². The van der Waals surface area contributed by atoms with E-state index in [0.29, 0.717) is 22.1 Å². The minimum absolute atomic E-state index is 0.193. The van der Waals surface area contributed by atoms with Crippen molar-refractivity contribution in [2.45, 2.75) is 20.3 Å². The maximum absolute atomic E-state index is 10.5. The van der Waals surface area contributed by atoms with E-state index >= 15 is 0 Å². The average Bonchev–Trinajstić information content (AvgIpc) is 3.03. The second kappa shape index (κ2) is 7.00. The van der Waals surface area contributed by atoms with Crippen molar-refractivity contribution in [1.82, 2.24) is 14.8 Å². The second-order valence-electron chi connectivity index (χ2n) is 7.14.